The van der Waals surface area contributed by atoms with Crippen LogP contribution in [0.2, 0.25) is 0 Å². The number of aliphatic hydroxyl groups excluding tert-OH is 1. The quantitative estimate of drug-likeness (QED) is 0.842. The van der Waals surface area contributed by atoms with Gasteiger partial charge in [-0.2, -0.15) is 0 Å². The fourth-order valence-electron chi connectivity index (χ4n) is 2.29. The molecule has 0 radical (unpaired) electrons. The lowest BCUT2D eigenvalue weighted by molar-refractivity contribution is 0.0148. The summed E-state index contributed by atoms with van der Waals surface area (Å²) in [6.07, 6.45) is 3.81. The van der Waals surface area contributed by atoms with Crippen LogP contribution in [0.25, 0.3) is 0 Å². The Morgan fingerprint density at radius 1 is 1.41 bits per heavy atom. The molecule has 1 fully saturated rings. The summed E-state index contributed by atoms with van der Waals surface area (Å²) < 4.78 is 5.75. The third-order valence-corrected chi connectivity index (χ3v) is 3.29. The summed E-state index contributed by atoms with van der Waals surface area (Å²) in [6, 6.07) is 8.07. The molecule has 0 amide bonds. The van der Waals surface area contributed by atoms with Crippen LogP contribution < -0.4 is 5.73 Å². The van der Waals surface area contributed by atoms with Gasteiger partial charge in [0.2, 0.25) is 0 Å². The van der Waals surface area contributed by atoms with Crippen LogP contribution >= 0.6 is 0 Å². The van der Waals surface area contributed by atoms with Gasteiger partial charge in [-0.3, -0.25) is 0 Å². The molecule has 0 bridgehead atoms. The van der Waals surface area contributed by atoms with E-state index < -0.39 is 6.10 Å². The number of aliphatic hydroxyl groups is 1. The highest BCUT2D eigenvalue weighted by molar-refractivity contribution is 5.27. The molecule has 1 aliphatic heterocycles. The molecule has 1 heterocycles. The van der Waals surface area contributed by atoms with Crippen LogP contribution in [0.5, 0.6) is 0 Å². The molecule has 2 unspecified atom stereocenters. The van der Waals surface area contributed by atoms with E-state index in [0.717, 1.165) is 25.0 Å². The Morgan fingerprint density at radius 3 is 3.00 bits per heavy atom. The Bertz CT molecular complexity index is 348. The van der Waals surface area contributed by atoms with Crippen molar-refractivity contribution in [2.24, 2.45) is 5.73 Å². The lowest BCUT2D eigenvalue weighted by Crippen LogP contribution is -2.12. The van der Waals surface area contributed by atoms with Gasteiger partial charge in [-0.05, 0) is 43.4 Å². The van der Waals surface area contributed by atoms with Crippen LogP contribution in [0.3, 0.4) is 0 Å². The van der Waals surface area contributed by atoms with E-state index in [0.29, 0.717) is 13.0 Å². The van der Waals surface area contributed by atoms with E-state index in [-0.39, 0.29) is 6.10 Å². The first-order chi connectivity index (χ1) is 8.31. The predicted molar refractivity (Wildman–Crippen MR) is 67.6 cm³/mol. The Hall–Kier alpha value is -0.900. The van der Waals surface area contributed by atoms with Crippen LogP contribution in [0.15, 0.2) is 24.3 Å². The molecule has 2 rings (SSSR count). The monoisotopic (exact) mass is 235 g/mol. The minimum atomic E-state index is -0.455. The topological polar surface area (TPSA) is 55.5 Å². The van der Waals surface area contributed by atoms with Gasteiger partial charge < -0.3 is 15.6 Å². The maximum absolute atomic E-state index is 9.92. The van der Waals surface area contributed by atoms with Crippen LogP contribution in [-0.4, -0.2) is 18.3 Å². The fourth-order valence-corrected chi connectivity index (χ4v) is 2.29. The molecule has 3 nitrogen and oxygen atoms in total. The molecule has 1 saturated heterocycles. The van der Waals surface area contributed by atoms with Crippen molar-refractivity contribution in [3.8, 4) is 0 Å². The average Bonchev–Trinajstić information content (AvgIpc) is 2.40. The van der Waals surface area contributed by atoms with Gasteiger partial charge in [0.25, 0.3) is 0 Å². The van der Waals surface area contributed by atoms with Crippen LogP contribution in [0, 0.1) is 0 Å². The van der Waals surface area contributed by atoms with Crippen molar-refractivity contribution >= 4 is 0 Å². The van der Waals surface area contributed by atoms with E-state index >= 15 is 0 Å². The number of nitrogens with two attached hydrogens (primary N) is 1. The number of benzene rings is 1. The fraction of sp³-hybridized carbons (Fsp3) is 0.571. The van der Waals surface area contributed by atoms with Gasteiger partial charge in [0.1, 0.15) is 0 Å². The van der Waals surface area contributed by atoms with Gasteiger partial charge in [-0.25, -0.2) is 0 Å². The molecular weight excluding hydrogens is 214 g/mol. The second kappa shape index (κ2) is 6.15. The molecule has 94 valence electrons. The normalized spacial score (nSPS) is 22.4. The van der Waals surface area contributed by atoms with Gasteiger partial charge in [0.15, 0.2) is 0 Å². The van der Waals surface area contributed by atoms with Crippen molar-refractivity contribution in [3.63, 3.8) is 0 Å². The number of hydrogen-bond acceptors (Lipinski definition) is 3. The Kier molecular flexibility index (Phi) is 4.54. The average molecular weight is 235 g/mol. The summed E-state index contributed by atoms with van der Waals surface area (Å²) in [6.45, 7) is 1.35. The second-order valence-corrected chi connectivity index (χ2v) is 4.62. The zero-order valence-electron chi connectivity index (χ0n) is 10.1. The van der Waals surface area contributed by atoms with E-state index in [4.69, 9.17) is 10.5 Å². The molecule has 0 saturated carbocycles. The van der Waals surface area contributed by atoms with E-state index in [9.17, 15) is 5.11 Å². The SMILES string of the molecule is NCCC(O)c1cccc(C2CCCCO2)c1. The molecule has 2 atom stereocenters. The molecular formula is C14H21NO2. The van der Waals surface area contributed by atoms with Crippen molar-refractivity contribution < 1.29 is 9.84 Å². The van der Waals surface area contributed by atoms with Crippen molar-refractivity contribution in [2.45, 2.75) is 37.9 Å². The van der Waals surface area contributed by atoms with E-state index in [1.807, 2.05) is 12.1 Å². The zero-order chi connectivity index (χ0) is 12.1. The Labute approximate surface area is 103 Å². The molecule has 1 aromatic rings. The summed E-state index contributed by atoms with van der Waals surface area (Å²) in [4.78, 5) is 0. The summed E-state index contributed by atoms with van der Waals surface area (Å²) in [5.74, 6) is 0. The summed E-state index contributed by atoms with van der Waals surface area (Å²) in [7, 11) is 0. The smallest absolute Gasteiger partial charge is 0.0825 e. The molecule has 1 aliphatic rings. The number of ether oxygens (including phenoxy) is 1. The number of hydrogen-bond donors (Lipinski definition) is 2. The third-order valence-electron chi connectivity index (χ3n) is 3.29. The van der Waals surface area contributed by atoms with E-state index in [2.05, 4.69) is 12.1 Å². The number of rotatable bonds is 4. The summed E-state index contributed by atoms with van der Waals surface area (Å²) >= 11 is 0. The van der Waals surface area contributed by atoms with Crippen LogP contribution in [0.1, 0.15) is 49.0 Å². The largest absolute Gasteiger partial charge is 0.388 e. The predicted octanol–water partition coefficient (Wildman–Crippen LogP) is 2.31. The van der Waals surface area contributed by atoms with E-state index in [1.54, 1.807) is 0 Å². The lowest BCUT2D eigenvalue weighted by atomic mass is 9.97. The van der Waals surface area contributed by atoms with E-state index in [1.165, 1.54) is 12.0 Å². The molecule has 0 aliphatic carbocycles. The maximum Gasteiger partial charge on any atom is 0.0825 e. The molecule has 1 aromatic carbocycles. The van der Waals surface area contributed by atoms with Crippen molar-refractivity contribution in [3.05, 3.63) is 35.4 Å². The summed E-state index contributed by atoms with van der Waals surface area (Å²) in [5, 5.41) is 9.92. The zero-order valence-corrected chi connectivity index (χ0v) is 10.1. The van der Waals surface area contributed by atoms with Gasteiger partial charge in [-0.15, -0.1) is 0 Å². The Morgan fingerprint density at radius 2 is 2.29 bits per heavy atom. The molecule has 0 aromatic heterocycles. The summed E-state index contributed by atoms with van der Waals surface area (Å²) in [5.41, 5.74) is 7.59. The molecule has 3 N–H and O–H groups in total. The minimum Gasteiger partial charge on any atom is -0.388 e. The standard InChI is InChI=1S/C14H21NO2/c15-8-7-13(16)11-4-3-5-12(10-11)14-6-1-2-9-17-14/h3-5,10,13-14,16H,1-2,6-9,15H2. The maximum atomic E-state index is 9.92. The third kappa shape index (κ3) is 3.28. The lowest BCUT2D eigenvalue weighted by Gasteiger charge is -2.23. The Balaban J connectivity index is 2.09. The van der Waals surface area contributed by atoms with Gasteiger partial charge in [-0.1, -0.05) is 24.3 Å². The highest BCUT2D eigenvalue weighted by atomic mass is 16.5. The van der Waals surface area contributed by atoms with Crippen LogP contribution in [0.4, 0.5) is 0 Å². The minimum absolute atomic E-state index is 0.203. The van der Waals surface area contributed by atoms with Gasteiger partial charge >= 0.3 is 0 Å². The molecule has 0 spiro atoms. The second-order valence-electron chi connectivity index (χ2n) is 4.62. The first kappa shape index (κ1) is 12.6. The van der Waals surface area contributed by atoms with Gasteiger partial charge in [0, 0.05) is 6.61 Å². The first-order valence-corrected chi connectivity index (χ1v) is 6.41. The highest BCUT2D eigenvalue weighted by Crippen LogP contribution is 2.29. The molecule has 3 heteroatoms. The van der Waals surface area contributed by atoms with Crippen molar-refractivity contribution in [2.75, 3.05) is 13.2 Å². The van der Waals surface area contributed by atoms with Crippen molar-refractivity contribution in [1.29, 1.82) is 0 Å². The van der Waals surface area contributed by atoms with Crippen molar-refractivity contribution in [1.82, 2.24) is 0 Å². The molecule has 17 heavy (non-hydrogen) atoms. The highest BCUT2D eigenvalue weighted by Gasteiger charge is 2.17. The van der Waals surface area contributed by atoms with Gasteiger partial charge in [0.05, 0.1) is 12.2 Å². The van der Waals surface area contributed by atoms with Crippen LogP contribution in [-0.2, 0) is 4.74 Å². The first-order valence-electron chi connectivity index (χ1n) is 6.41.